The number of benzene rings is 1. The number of morpholine rings is 1. The molecule has 1 amide bonds. The fourth-order valence-electron chi connectivity index (χ4n) is 3.14. The Balaban J connectivity index is 1.55. The number of ether oxygens (including phenoxy) is 1. The molecule has 0 spiro atoms. The Kier molecular flexibility index (Phi) is 5.58. The van der Waals surface area contributed by atoms with Crippen molar-refractivity contribution in [3.05, 3.63) is 89.7 Å². The molecule has 3 aromatic rings. The molecule has 0 bridgehead atoms. The zero-order valence-corrected chi connectivity index (χ0v) is 15.6. The minimum absolute atomic E-state index is 0.297. The van der Waals surface area contributed by atoms with Gasteiger partial charge in [0.25, 0.3) is 5.91 Å². The van der Waals surface area contributed by atoms with E-state index in [0.29, 0.717) is 30.8 Å². The molecule has 6 heteroatoms. The molecule has 0 saturated carbocycles. The number of hydrogen-bond acceptors (Lipinski definition) is 4. The van der Waals surface area contributed by atoms with Gasteiger partial charge in [-0.25, -0.2) is 4.98 Å². The number of nitrogens with zero attached hydrogens (tertiary/aromatic N) is 4. The first kappa shape index (κ1) is 18.1. The normalized spacial score (nSPS) is 14.9. The minimum Gasteiger partial charge on any atom is -0.378 e. The second-order valence-electron chi connectivity index (χ2n) is 6.59. The van der Waals surface area contributed by atoms with Gasteiger partial charge in [-0.2, -0.15) is 4.99 Å². The molecule has 0 radical (unpaired) electrons. The van der Waals surface area contributed by atoms with E-state index in [9.17, 15) is 4.79 Å². The van der Waals surface area contributed by atoms with Gasteiger partial charge in [-0.15, -0.1) is 0 Å². The van der Waals surface area contributed by atoms with Gasteiger partial charge in [-0.3, -0.25) is 4.79 Å². The van der Waals surface area contributed by atoms with Gasteiger partial charge in [0.2, 0.25) is 0 Å². The van der Waals surface area contributed by atoms with E-state index >= 15 is 0 Å². The summed E-state index contributed by atoms with van der Waals surface area (Å²) < 4.78 is 7.32. The molecule has 0 N–H and O–H groups in total. The van der Waals surface area contributed by atoms with Crippen LogP contribution in [0.2, 0.25) is 0 Å². The molecule has 2 aromatic heterocycles. The van der Waals surface area contributed by atoms with E-state index in [0.717, 1.165) is 24.5 Å². The highest BCUT2D eigenvalue weighted by Gasteiger charge is 2.13. The maximum atomic E-state index is 12.7. The van der Waals surface area contributed by atoms with Crippen molar-refractivity contribution in [3.8, 4) is 0 Å². The maximum absolute atomic E-state index is 12.7. The molecule has 28 heavy (non-hydrogen) atoms. The average Bonchev–Trinajstić information content (AvgIpc) is 2.76. The quantitative estimate of drug-likeness (QED) is 0.704. The number of amides is 1. The first-order valence-corrected chi connectivity index (χ1v) is 9.37. The fourth-order valence-corrected chi connectivity index (χ4v) is 3.14. The minimum atomic E-state index is -0.297. The molecule has 1 aliphatic heterocycles. The first-order chi connectivity index (χ1) is 13.8. The van der Waals surface area contributed by atoms with Crippen LogP contribution in [0.3, 0.4) is 0 Å². The van der Waals surface area contributed by atoms with Crippen LogP contribution < -0.4 is 10.4 Å². The highest BCUT2D eigenvalue weighted by molar-refractivity contribution is 5.94. The van der Waals surface area contributed by atoms with Crippen molar-refractivity contribution in [2.45, 2.75) is 6.54 Å². The van der Waals surface area contributed by atoms with Crippen LogP contribution >= 0.6 is 0 Å². The summed E-state index contributed by atoms with van der Waals surface area (Å²) in [5.74, 6) is 0.563. The summed E-state index contributed by atoms with van der Waals surface area (Å²) in [4.78, 5) is 23.6. The van der Waals surface area contributed by atoms with Crippen LogP contribution in [0, 0.1) is 0 Å². The van der Waals surface area contributed by atoms with Crippen LogP contribution in [-0.4, -0.2) is 41.8 Å². The Morgan fingerprint density at radius 3 is 2.54 bits per heavy atom. The number of carbonyl (C=O) groups excluding carboxylic acids is 1. The lowest BCUT2D eigenvalue weighted by Gasteiger charge is -2.27. The summed E-state index contributed by atoms with van der Waals surface area (Å²) in [7, 11) is 0. The standard InChI is InChI=1S/C22H22N4O2/c27-22(19-9-10-20(23-16-19)25-12-14-28-15-13-25)24-21-8-4-5-11-26(21)17-18-6-2-1-3-7-18/h1-11,16H,12-15,17H2. The van der Waals surface area contributed by atoms with Gasteiger partial charge in [0.05, 0.1) is 18.8 Å². The van der Waals surface area contributed by atoms with Gasteiger partial charge in [0.15, 0.2) is 0 Å². The number of anilines is 1. The Bertz CT molecular complexity index is 991. The monoisotopic (exact) mass is 374 g/mol. The molecule has 0 unspecified atom stereocenters. The number of rotatable bonds is 4. The molecule has 4 rings (SSSR count). The van der Waals surface area contributed by atoms with Crippen LogP contribution in [0.5, 0.6) is 0 Å². The van der Waals surface area contributed by atoms with Crippen molar-refractivity contribution in [1.82, 2.24) is 9.55 Å². The molecule has 0 aliphatic carbocycles. The van der Waals surface area contributed by atoms with Gasteiger partial charge < -0.3 is 14.2 Å². The maximum Gasteiger partial charge on any atom is 0.280 e. The summed E-state index contributed by atoms with van der Waals surface area (Å²) in [6, 6.07) is 19.4. The number of aromatic nitrogens is 2. The summed E-state index contributed by atoms with van der Waals surface area (Å²) in [5, 5.41) is 0. The van der Waals surface area contributed by atoms with E-state index in [1.54, 1.807) is 12.3 Å². The lowest BCUT2D eigenvalue weighted by atomic mass is 10.2. The molecular weight excluding hydrogens is 352 g/mol. The van der Waals surface area contributed by atoms with Crippen molar-refractivity contribution >= 4 is 11.7 Å². The topological polar surface area (TPSA) is 59.7 Å². The van der Waals surface area contributed by atoms with Crippen molar-refractivity contribution < 1.29 is 9.53 Å². The molecule has 142 valence electrons. The molecule has 1 aromatic carbocycles. The second kappa shape index (κ2) is 8.63. The van der Waals surface area contributed by atoms with Gasteiger partial charge in [0.1, 0.15) is 11.3 Å². The largest absolute Gasteiger partial charge is 0.378 e. The van der Waals surface area contributed by atoms with Crippen LogP contribution in [0.1, 0.15) is 15.9 Å². The summed E-state index contributed by atoms with van der Waals surface area (Å²) in [6.07, 6.45) is 3.53. The van der Waals surface area contributed by atoms with Gasteiger partial charge >= 0.3 is 0 Å². The SMILES string of the molecule is O=C(N=c1ccccn1Cc1ccccc1)c1ccc(N2CCOCC2)nc1. The predicted octanol–water partition coefficient (Wildman–Crippen LogP) is 2.51. The smallest absolute Gasteiger partial charge is 0.280 e. The van der Waals surface area contributed by atoms with Gasteiger partial charge in [-0.05, 0) is 29.8 Å². The number of carbonyl (C=O) groups is 1. The van der Waals surface area contributed by atoms with Crippen molar-refractivity contribution in [1.29, 1.82) is 0 Å². The van der Waals surface area contributed by atoms with E-state index in [-0.39, 0.29) is 5.91 Å². The van der Waals surface area contributed by atoms with Crippen molar-refractivity contribution in [2.75, 3.05) is 31.2 Å². The van der Waals surface area contributed by atoms with Gasteiger partial charge in [0, 0.05) is 32.0 Å². The van der Waals surface area contributed by atoms with E-state index < -0.39 is 0 Å². The van der Waals surface area contributed by atoms with Gasteiger partial charge in [-0.1, -0.05) is 36.4 Å². The number of pyridine rings is 2. The predicted molar refractivity (Wildman–Crippen MR) is 107 cm³/mol. The molecule has 1 aliphatic rings. The Morgan fingerprint density at radius 1 is 1.00 bits per heavy atom. The molecule has 3 heterocycles. The Morgan fingerprint density at radius 2 is 1.79 bits per heavy atom. The molecular formula is C22H22N4O2. The second-order valence-corrected chi connectivity index (χ2v) is 6.59. The zero-order chi connectivity index (χ0) is 19.2. The van der Waals surface area contributed by atoms with Crippen molar-refractivity contribution in [2.24, 2.45) is 4.99 Å². The molecule has 1 fully saturated rings. The third kappa shape index (κ3) is 4.35. The summed E-state index contributed by atoms with van der Waals surface area (Å²) in [5.41, 5.74) is 2.25. The summed E-state index contributed by atoms with van der Waals surface area (Å²) in [6.45, 7) is 3.69. The Labute approximate surface area is 163 Å². The van der Waals surface area contributed by atoms with E-state index in [2.05, 4.69) is 27.0 Å². The summed E-state index contributed by atoms with van der Waals surface area (Å²) >= 11 is 0. The number of hydrogen-bond donors (Lipinski definition) is 0. The first-order valence-electron chi connectivity index (χ1n) is 9.37. The Hall–Kier alpha value is -3.25. The highest BCUT2D eigenvalue weighted by atomic mass is 16.5. The van der Waals surface area contributed by atoms with E-state index in [1.165, 1.54) is 0 Å². The highest BCUT2D eigenvalue weighted by Crippen LogP contribution is 2.13. The zero-order valence-electron chi connectivity index (χ0n) is 15.6. The molecule has 0 atom stereocenters. The third-order valence-electron chi connectivity index (χ3n) is 4.66. The van der Waals surface area contributed by atoms with E-state index in [4.69, 9.17) is 4.74 Å². The van der Waals surface area contributed by atoms with Crippen LogP contribution in [0.15, 0.2) is 78.0 Å². The van der Waals surface area contributed by atoms with E-state index in [1.807, 2.05) is 53.2 Å². The fraction of sp³-hybridized carbons (Fsp3) is 0.227. The average molecular weight is 374 g/mol. The lowest BCUT2D eigenvalue weighted by molar-refractivity contribution is 0.0996. The van der Waals surface area contributed by atoms with Crippen LogP contribution in [0.25, 0.3) is 0 Å². The molecule has 6 nitrogen and oxygen atoms in total. The van der Waals surface area contributed by atoms with Crippen LogP contribution in [0.4, 0.5) is 5.82 Å². The van der Waals surface area contributed by atoms with Crippen molar-refractivity contribution in [3.63, 3.8) is 0 Å². The lowest BCUT2D eigenvalue weighted by Crippen LogP contribution is -2.36. The third-order valence-corrected chi connectivity index (χ3v) is 4.66. The molecule has 1 saturated heterocycles. The van der Waals surface area contributed by atoms with Crippen LogP contribution in [-0.2, 0) is 11.3 Å².